The molecular formula is C14H16N4O2S. The van der Waals surface area contributed by atoms with E-state index in [9.17, 15) is 9.59 Å². The molecule has 21 heavy (non-hydrogen) atoms. The highest BCUT2D eigenvalue weighted by Crippen LogP contribution is 2.19. The van der Waals surface area contributed by atoms with Crippen LogP contribution in [0.25, 0.3) is 0 Å². The van der Waals surface area contributed by atoms with Gasteiger partial charge in [0.25, 0.3) is 11.8 Å². The molecule has 6 nitrogen and oxygen atoms in total. The largest absolute Gasteiger partial charge is 0.343 e. The van der Waals surface area contributed by atoms with Crippen molar-refractivity contribution in [3.05, 3.63) is 39.6 Å². The van der Waals surface area contributed by atoms with Crippen molar-refractivity contribution in [3.8, 4) is 0 Å². The number of carbonyl (C=O) groups excluding carboxylic acids is 2. The number of nitrogens with one attached hydrogen (secondary N) is 1. The minimum Gasteiger partial charge on any atom is -0.343 e. The summed E-state index contributed by atoms with van der Waals surface area (Å²) in [7, 11) is 3.32. The molecule has 0 aliphatic carbocycles. The van der Waals surface area contributed by atoms with Crippen LogP contribution in [-0.4, -0.2) is 40.8 Å². The zero-order valence-electron chi connectivity index (χ0n) is 12.3. The molecule has 0 bridgehead atoms. The van der Waals surface area contributed by atoms with Crippen molar-refractivity contribution < 1.29 is 9.59 Å². The van der Waals surface area contributed by atoms with Crippen LogP contribution in [0.4, 0.5) is 5.69 Å². The Morgan fingerprint density at radius 3 is 2.43 bits per heavy atom. The van der Waals surface area contributed by atoms with E-state index in [4.69, 9.17) is 0 Å². The molecule has 0 fully saturated rings. The Kier molecular flexibility index (Phi) is 4.32. The molecule has 7 heteroatoms. The van der Waals surface area contributed by atoms with Crippen LogP contribution in [0.5, 0.6) is 0 Å². The highest BCUT2D eigenvalue weighted by molar-refractivity contribution is 7.13. The fourth-order valence-corrected chi connectivity index (χ4v) is 2.57. The van der Waals surface area contributed by atoms with Gasteiger partial charge in [-0.2, -0.15) is 0 Å². The van der Waals surface area contributed by atoms with Gasteiger partial charge in [-0.15, -0.1) is 11.3 Å². The number of hydrogen-bond acceptors (Lipinski definition) is 5. The summed E-state index contributed by atoms with van der Waals surface area (Å²) in [5, 5.41) is 3.60. The Morgan fingerprint density at radius 1 is 1.24 bits per heavy atom. The fraction of sp³-hybridized carbons (Fsp3) is 0.286. The van der Waals surface area contributed by atoms with Crippen LogP contribution < -0.4 is 5.32 Å². The number of carbonyl (C=O) groups is 2. The fourth-order valence-electron chi connectivity index (χ4n) is 1.75. The number of thiazole rings is 1. The van der Waals surface area contributed by atoms with Crippen LogP contribution in [0.3, 0.4) is 0 Å². The molecule has 0 radical (unpaired) electrons. The second-order valence-electron chi connectivity index (χ2n) is 4.73. The van der Waals surface area contributed by atoms with Crippen LogP contribution in [0.15, 0.2) is 18.3 Å². The van der Waals surface area contributed by atoms with Crippen LogP contribution in [0, 0.1) is 13.8 Å². The standard InChI is InChI=1S/C14H16N4O2S/c1-8-12(21-9(2)16-8)13(19)17-10-5-6-11(15-7-10)14(20)18(3)4/h5-7H,1-4H3,(H,17,19). The second kappa shape index (κ2) is 6.01. The summed E-state index contributed by atoms with van der Waals surface area (Å²) in [6.45, 7) is 3.66. The molecule has 0 spiro atoms. The normalized spacial score (nSPS) is 10.3. The van der Waals surface area contributed by atoms with E-state index >= 15 is 0 Å². The predicted octanol–water partition coefficient (Wildman–Crippen LogP) is 2.11. The second-order valence-corrected chi connectivity index (χ2v) is 5.94. The monoisotopic (exact) mass is 304 g/mol. The summed E-state index contributed by atoms with van der Waals surface area (Å²) < 4.78 is 0. The molecule has 0 aromatic carbocycles. The average molecular weight is 304 g/mol. The molecule has 0 unspecified atom stereocenters. The van der Waals surface area contributed by atoms with Gasteiger partial charge >= 0.3 is 0 Å². The third kappa shape index (κ3) is 3.43. The quantitative estimate of drug-likeness (QED) is 0.942. The molecule has 2 amide bonds. The summed E-state index contributed by atoms with van der Waals surface area (Å²) in [4.78, 5) is 34.2. The number of pyridine rings is 1. The van der Waals surface area contributed by atoms with Crippen molar-refractivity contribution in [2.75, 3.05) is 19.4 Å². The van der Waals surface area contributed by atoms with Gasteiger partial charge < -0.3 is 10.2 Å². The zero-order chi connectivity index (χ0) is 15.6. The van der Waals surface area contributed by atoms with Crippen LogP contribution >= 0.6 is 11.3 Å². The maximum atomic E-state index is 12.1. The average Bonchev–Trinajstić information content (AvgIpc) is 2.77. The van der Waals surface area contributed by atoms with E-state index in [2.05, 4.69) is 15.3 Å². The lowest BCUT2D eigenvalue weighted by atomic mass is 10.3. The van der Waals surface area contributed by atoms with Crippen molar-refractivity contribution in [2.24, 2.45) is 0 Å². The minimum atomic E-state index is -0.216. The van der Waals surface area contributed by atoms with E-state index in [0.717, 1.165) is 5.01 Å². The topological polar surface area (TPSA) is 75.2 Å². The third-order valence-electron chi connectivity index (χ3n) is 2.76. The molecule has 2 aromatic rings. The van der Waals surface area contributed by atoms with E-state index in [-0.39, 0.29) is 11.8 Å². The Morgan fingerprint density at radius 2 is 1.95 bits per heavy atom. The Labute approximate surface area is 126 Å². The van der Waals surface area contributed by atoms with Crippen molar-refractivity contribution in [3.63, 3.8) is 0 Å². The van der Waals surface area contributed by atoms with Gasteiger partial charge in [-0.3, -0.25) is 9.59 Å². The molecule has 0 saturated heterocycles. The zero-order valence-corrected chi connectivity index (χ0v) is 13.1. The molecule has 2 heterocycles. The number of anilines is 1. The summed E-state index contributed by atoms with van der Waals surface area (Å²) >= 11 is 1.35. The van der Waals surface area contributed by atoms with Crippen LogP contribution in [-0.2, 0) is 0 Å². The molecule has 0 saturated carbocycles. The highest BCUT2D eigenvalue weighted by Gasteiger charge is 2.15. The van der Waals surface area contributed by atoms with Gasteiger partial charge in [-0.05, 0) is 26.0 Å². The van der Waals surface area contributed by atoms with Gasteiger partial charge in [0, 0.05) is 14.1 Å². The summed E-state index contributed by atoms with van der Waals surface area (Å²) in [5.74, 6) is -0.395. The maximum Gasteiger partial charge on any atom is 0.271 e. The maximum absolute atomic E-state index is 12.1. The lowest BCUT2D eigenvalue weighted by molar-refractivity contribution is 0.0822. The van der Waals surface area contributed by atoms with Gasteiger partial charge in [-0.25, -0.2) is 9.97 Å². The van der Waals surface area contributed by atoms with Gasteiger partial charge in [0.05, 0.1) is 22.6 Å². The van der Waals surface area contributed by atoms with Crippen molar-refractivity contribution >= 4 is 28.8 Å². The highest BCUT2D eigenvalue weighted by atomic mass is 32.1. The number of aryl methyl sites for hydroxylation is 2. The number of hydrogen-bond donors (Lipinski definition) is 1. The Bertz CT molecular complexity index is 677. The molecule has 0 atom stereocenters. The van der Waals surface area contributed by atoms with Crippen molar-refractivity contribution in [2.45, 2.75) is 13.8 Å². The number of nitrogens with zero attached hydrogens (tertiary/aromatic N) is 3. The number of amides is 2. The molecule has 1 N–H and O–H groups in total. The molecule has 2 rings (SSSR count). The summed E-state index contributed by atoms with van der Waals surface area (Å²) in [6.07, 6.45) is 1.47. The molecule has 0 aliphatic rings. The molecular weight excluding hydrogens is 288 g/mol. The first-order valence-electron chi connectivity index (χ1n) is 6.31. The third-order valence-corrected chi connectivity index (χ3v) is 3.83. The summed E-state index contributed by atoms with van der Waals surface area (Å²) in [5.41, 5.74) is 1.59. The smallest absolute Gasteiger partial charge is 0.271 e. The molecule has 0 aliphatic heterocycles. The van der Waals surface area contributed by atoms with Gasteiger partial charge in [0.2, 0.25) is 0 Å². The lowest BCUT2D eigenvalue weighted by Gasteiger charge is -2.10. The summed E-state index contributed by atoms with van der Waals surface area (Å²) in [6, 6.07) is 3.24. The van der Waals surface area contributed by atoms with E-state index in [1.807, 2.05) is 6.92 Å². The van der Waals surface area contributed by atoms with Gasteiger partial charge in [-0.1, -0.05) is 0 Å². The Balaban J connectivity index is 2.12. The van der Waals surface area contributed by atoms with E-state index in [1.165, 1.54) is 22.4 Å². The van der Waals surface area contributed by atoms with Crippen LogP contribution in [0.1, 0.15) is 30.9 Å². The first-order chi connectivity index (χ1) is 9.88. The molecule has 2 aromatic heterocycles. The minimum absolute atomic E-state index is 0.179. The SMILES string of the molecule is Cc1nc(C)c(C(=O)Nc2ccc(C(=O)N(C)C)nc2)s1. The van der Waals surface area contributed by atoms with Crippen LogP contribution in [0.2, 0.25) is 0 Å². The first kappa shape index (κ1) is 15.1. The van der Waals surface area contributed by atoms with E-state index in [0.29, 0.717) is 22.0 Å². The van der Waals surface area contributed by atoms with Gasteiger partial charge in [0.15, 0.2) is 0 Å². The first-order valence-corrected chi connectivity index (χ1v) is 7.13. The van der Waals surface area contributed by atoms with E-state index < -0.39 is 0 Å². The van der Waals surface area contributed by atoms with Gasteiger partial charge in [0.1, 0.15) is 10.6 Å². The van der Waals surface area contributed by atoms with Crippen molar-refractivity contribution in [1.82, 2.24) is 14.9 Å². The van der Waals surface area contributed by atoms with Crippen molar-refractivity contribution in [1.29, 1.82) is 0 Å². The predicted molar refractivity (Wildman–Crippen MR) is 81.8 cm³/mol. The lowest BCUT2D eigenvalue weighted by Crippen LogP contribution is -2.22. The number of rotatable bonds is 3. The Hall–Kier alpha value is -2.28. The number of aromatic nitrogens is 2. The molecule has 110 valence electrons. The van der Waals surface area contributed by atoms with E-state index in [1.54, 1.807) is 33.2 Å².